The number of hydrogen-bond acceptors (Lipinski definition) is 8. The molecule has 0 atom stereocenters. The molecule has 2 aromatic heterocycles. The van der Waals surface area contributed by atoms with E-state index >= 15 is 0 Å². The molecule has 0 aliphatic heterocycles. The van der Waals surface area contributed by atoms with Crippen molar-refractivity contribution in [3.63, 3.8) is 0 Å². The van der Waals surface area contributed by atoms with Gasteiger partial charge in [0.25, 0.3) is 0 Å². The standard InChI is InChI=1S/C24H17ClN4O.C24H15ClN2O/c25-22-20(15-26)23(28-24(29-27)21(22)16-7-3-1-4-8-16)17-11-13-19(14-12-17)30-18-9-5-2-6-10-18;25-23-21(15-26)24(27-16-22(23)17-7-3-1-4-8-17)18-11-13-20(14-12-18)28-19-9-5-2-6-10-19/h1-14H,27H2,(H,28,29);1-14,16H. The van der Waals surface area contributed by atoms with E-state index in [-0.39, 0.29) is 5.56 Å². The number of ether oxygens (including phenoxy) is 2. The molecular formula is C48H32Cl2N6O2. The predicted octanol–water partition coefficient (Wildman–Crippen LogP) is 12.8. The quantitative estimate of drug-likeness (QED) is 0.109. The summed E-state index contributed by atoms with van der Waals surface area (Å²) in [6, 6.07) is 57.3. The molecule has 0 saturated carbocycles. The molecule has 0 bridgehead atoms. The topological polar surface area (TPSA) is 130 Å². The number of pyridine rings is 2. The van der Waals surface area contributed by atoms with Crippen LogP contribution in [0.5, 0.6) is 23.0 Å². The number of rotatable bonds is 9. The van der Waals surface area contributed by atoms with E-state index in [1.54, 1.807) is 6.20 Å². The summed E-state index contributed by atoms with van der Waals surface area (Å²) in [6.45, 7) is 0. The molecule has 0 fully saturated rings. The van der Waals surface area contributed by atoms with E-state index in [1.807, 2.05) is 170 Å². The molecule has 8 aromatic rings. The summed E-state index contributed by atoms with van der Waals surface area (Å²) in [7, 11) is 0. The molecular weight excluding hydrogens is 763 g/mol. The SMILES string of the molecule is N#Cc1c(-c2ccc(Oc3ccccc3)cc2)nc(NN)c(-c2ccccc2)c1Cl.N#Cc1c(-c2ccc(Oc3ccccc3)cc2)ncc(-c2ccccc2)c1Cl. The van der Waals surface area contributed by atoms with E-state index in [4.69, 9.17) is 38.5 Å². The van der Waals surface area contributed by atoms with Crippen LogP contribution in [0.1, 0.15) is 11.1 Å². The number of anilines is 1. The molecule has 6 aromatic carbocycles. The largest absolute Gasteiger partial charge is 0.457 e. The van der Waals surface area contributed by atoms with Crippen LogP contribution in [-0.4, -0.2) is 9.97 Å². The van der Waals surface area contributed by atoms with Crippen LogP contribution in [0.25, 0.3) is 44.8 Å². The number of hydrazine groups is 1. The van der Waals surface area contributed by atoms with Crippen LogP contribution in [0, 0.1) is 22.7 Å². The Morgan fingerprint density at radius 2 is 0.897 bits per heavy atom. The number of halogens is 2. The molecule has 0 saturated heterocycles. The minimum Gasteiger partial charge on any atom is -0.457 e. The van der Waals surface area contributed by atoms with E-state index in [0.29, 0.717) is 49.9 Å². The molecule has 58 heavy (non-hydrogen) atoms. The Hall–Kier alpha value is -7.46. The Morgan fingerprint density at radius 3 is 1.36 bits per heavy atom. The van der Waals surface area contributed by atoms with Crippen LogP contribution in [0.4, 0.5) is 5.82 Å². The third-order valence-electron chi connectivity index (χ3n) is 8.87. The molecule has 0 radical (unpaired) electrons. The molecule has 0 spiro atoms. The van der Waals surface area contributed by atoms with Crippen molar-refractivity contribution in [2.45, 2.75) is 0 Å². The lowest BCUT2D eigenvalue weighted by atomic mass is 10.00. The zero-order valence-corrected chi connectivity index (χ0v) is 32.2. The van der Waals surface area contributed by atoms with Crippen LogP contribution >= 0.6 is 23.2 Å². The highest BCUT2D eigenvalue weighted by molar-refractivity contribution is 6.35. The molecule has 0 unspecified atom stereocenters. The van der Waals surface area contributed by atoms with Crippen LogP contribution in [0.2, 0.25) is 10.0 Å². The van der Waals surface area contributed by atoms with Crippen molar-refractivity contribution in [1.82, 2.24) is 9.97 Å². The number of hydrogen-bond donors (Lipinski definition) is 2. The number of aromatic nitrogens is 2. The van der Waals surface area contributed by atoms with Crippen molar-refractivity contribution in [3.05, 3.63) is 197 Å². The second kappa shape index (κ2) is 18.4. The summed E-state index contributed by atoms with van der Waals surface area (Å²) >= 11 is 13.2. The summed E-state index contributed by atoms with van der Waals surface area (Å²) < 4.78 is 11.6. The van der Waals surface area contributed by atoms with Gasteiger partial charge in [0.15, 0.2) is 0 Å². The van der Waals surface area contributed by atoms with Crippen LogP contribution in [0.15, 0.2) is 176 Å². The van der Waals surface area contributed by atoms with Crippen molar-refractivity contribution >= 4 is 29.0 Å². The smallest absolute Gasteiger partial charge is 0.150 e. The summed E-state index contributed by atoms with van der Waals surface area (Å²) in [4.78, 5) is 9.12. The summed E-state index contributed by atoms with van der Waals surface area (Å²) in [6.07, 6.45) is 1.71. The Balaban J connectivity index is 0.000000177. The molecule has 8 nitrogen and oxygen atoms in total. The van der Waals surface area contributed by atoms with Crippen molar-refractivity contribution in [2.75, 3.05) is 5.43 Å². The summed E-state index contributed by atoms with van der Waals surface area (Å²) in [5.41, 5.74) is 8.86. The van der Waals surface area contributed by atoms with Gasteiger partial charge in [0.2, 0.25) is 0 Å². The molecule has 0 aliphatic rings. The van der Waals surface area contributed by atoms with Gasteiger partial charge in [-0.2, -0.15) is 10.5 Å². The molecule has 3 N–H and O–H groups in total. The van der Waals surface area contributed by atoms with Gasteiger partial charge in [-0.3, -0.25) is 4.98 Å². The van der Waals surface area contributed by atoms with Crippen molar-refractivity contribution in [2.24, 2.45) is 5.84 Å². The third kappa shape index (κ3) is 8.82. The lowest BCUT2D eigenvalue weighted by Crippen LogP contribution is -2.11. The first-order valence-corrected chi connectivity index (χ1v) is 18.7. The number of nitrogens with zero attached hydrogens (tertiary/aromatic N) is 4. The van der Waals surface area contributed by atoms with Gasteiger partial charge in [0.05, 0.1) is 32.6 Å². The zero-order valence-electron chi connectivity index (χ0n) is 30.7. The Bertz CT molecular complexity index is 2720. The second-order valence-electron chi connectivity index (χ2n) is 12.6. The van der Waals surface area contributed by atoms with Crippen molar-refractivity contribution in [3.8, 4) is 79.9 Å². The van der Waals surface area contributed by atoms with Crippen molar-refractivity contribution < 1.29 is 9.47 Å². The minimum atomic E-state index is 0.284. The van der Waals surface area contributed by atoms with Gasteiger partial charge in [-0.1, -0.05) is 120 Å². The number of benzene rings is 6. The van der Waals surface area contributed by atoms with Crippen LogP contribution < -0.4 is 20.7 Å². The Morgan fingerprint density at radius 1 is 0.483 bits per heavy atom. The summed E-state index contributed by atoms with van der Waals surface area (Å²) in [5, 5.41) is 20.2. The van der Waals surface area contributed by atoms with Gasteiger partial charge < -0.3 is 14.9 Å². The maximum absolute atomic E-state index is 9.79. The average molecular weight is 796 g/mol. The van der Waals surface area contributed by atoms with E-state index in [1.165, 1.54) is 0 Å². The Kier molecular flexibility index (Phi) is 12.3. The number of nitriles is 2. The molecule has 280 valence electrons. The van der Waals surface area contributed by atoms with Gasteiger partial charge in [-0.05, 0) is 83.9 Å². The van der Waals surface area contributed by atoms with Crippen LogP contribution in [-0.2, 0) is 0 Å². The summed E-state index contributed by atoms with van der Waals surface area (Å²) in [5.74, 6) is 9.01. The third-order valence-corrected chi connectivity index (χ3v) is 9.64. The highest BCUT2D eigenvalue weighted by atomic mass is 35.5. The zero-order chi connectivity index (χ0) is 40.3. The molecule has 0 amide bonds. The van der Waals surface area contributed by atoms with Gasteiger partial charge >= 0.3 is 0 Å². The fourth-order valence-electron chi connectivity index (χ4n) is 6.08. The highest BCUT2D eigenvalue weighted by Crippen LogP contribution is 2.40. The molecule has 8 rings (SSSR count). The number of nitrogen functional groups attached to an aromatic ring is 1. The fraction of sp³-hybridized carbons (Fsp3) is 0. The van der Waals surface area contributed by atoms with E-state index in [9.17, 15) is 10.5 Å². The van der Waals surface area contributed by atoms with E-state index < -0.39 is 0 Å². The van der Waals surface area contributed by atoms with Gasteiger partial charge in [0.1, 0.15) is 41.0 Å². The Labute approximate surface area is 345 Å². The molecule has 10 heteroatoms. The fourth-order valence-corrected chi connectivity index (χ4v) is 6.70. The first-order valence-electron chi connectivity index (χ1n) is 17.9. The van der Waals surface area contributed by atoms with E-state index in [0.717, 1.165) is 39.3 Å². The lowest BCUT2D eigenvalue weighted by Gasteiger charge is -2.15. The number of para-hydroxylation sites is 2. The first-order chi connectivity index (χ1) is 28.5. The lowest BCUT2D eigenvalue weighted by molar-refractivity contribution is 0.482. The number of nitrogens with one attached hydrogen (secondary N) is 1. The van der Waals surface area contributed by atoms with Gasteiger partial charge in [-0.25, -0.2) is 10.8 Å². The first kappa shape index (κ1) is 38.8. The number of nitrogens with two attached hydrogens (primary N) is 1. The maximum Gasteiger partial charge on any atom is 0.150 e. The average Bonchev–Trinajstić information content (AvgIpc) is 3.28. The van der Waals surface area contributed by atoms with E-state index in [2.05, 4.69) is 27.5 Å². The normalized spacial score (nSPS) is 10.3. The molecule has 0 aliphatic carbocycles. The maximum atomic E-state index is 9.79. The van der Waals surface area contributed by atoms with Crippen LogP contribution in [0.3, 0.4) is 0 Å². The van der Waals surface area contributed by atoms with Gasteiger partial charge in [0, 0.05) is 28.5 Å². The second-order valence-corrected chi connectivity index (χ2v) is 13.3. The minimum absolute atomic E-state index is 0.284. The highest BCUT2D eigenvalue weighted by Gasteiger charge is 2.21. The monoisotopic (exact) mass is 794 g/mol. The van der Waals surface area contributed by atoms with Gasteiger partial charge in [-0.15, -0.1) is 0 Å². The van der Waals surface area contributed by atoms with Crippen molar-refractivity contribution in [1.29, 1.82) is 10.5 Å². The molecule has 2 heterocycles. The predicted molar refractivity (Wildman–Crippen MR) is 231 cm³/mol.